The smallest absolute Gasteiger partial charge is 0.132 e. The summed E-state index contributed by atoms with van der Waals surface area (Å²) < 4.78 is 5.32. The highest BCUT2D eigenvalue weighted by Gasteiger charge is 2.26. The minimum atomic E-state index is 0.448. The van der Waals surface area contributed by atoms with Crippen LogP contribution in [0.25, 0.3) is 0 Å². The molecule has 1 atom stereocenters. The molecule has 2 aliphatic heterocycles. The fraction of sp³-hybridized carbons (Fsp3) is 0.778. The number of thioether (sulfide) groups is 1. The van der Waals surface area contributed by atoms with Crippen molar-refractivity contribution in [2.75, 3.05) is 26.3 Å². The van der Waals surface area contributed by atoms with Crippen LogP contribution in [0.1, 0.15) is 13.8 Å². The molecule has 2 heterocycles. The van der Waals surface area contributed by atoms with Crippen molar-refractivity contribution >= 4 is 11.8 Å². The molecule has 0 spiro atoms. The van der Waals surface area contributed by atoms with Gasteiger partial charge >= 0.3 is 0 Å². The maximum Gasteiger partial charge on any atom is 0.132 e. The van der Waals surface area contributed by atoms with Crippen molar-refractivity contribution in [3.8, 4) is 0 Å². The zero-order valence-electron chi connectivity index (χ0n) is 8.17. The number of allylic oxidation sites excluding steroid dienone is 2. The second-order valence-corrected chi connectivity index (χ2v) is 4.74. The third-order valence-electron chi connectivity index (χ3n) is 2.53. The number of hydrogen-bond donors (Lipinski definition) is 1. The van der Waals surface area contributed by atoms with Crippen LogP contribution >= 0.6 is 11.8 Å². The first kappa shape index (κ1) is 9.37. The number of rotatable bonds is 1. The molecule has 1 saturated heterocycles. The van der Waals surface area contributed by atoms with Crippen molar-refractivity contribution in [2.45, 2.75) is 19.3 Å². The highest BCUT2D eigenvalue weighted by atomic mass is 32.2. The maximum absolute atomic E-state index is 5.32. The van der Waals surface area contributed by atoms with Gasteiger partial charge in [-0.1, -0.05) is 11.8 Å². The van der Waals surface area contributed by atoms with Gasteiger partial charge in [-0.3, -0.25) is 4.90 Å². The lowest BCUT2D eigenvalue weighted by Crippen LogP contribution is -2.46. The van der Waals surface area contributed by atoms with Gasteiger partial charge in [-0.15, -0.1) is 0 Å². The van der Waals surface area contributed by atoms with Crippen LogP contribution in [0.5, 0.6) is 0 Å². The van der Waals surface area contributed by atoms with E-state index in [0.717, 1.165) is 26.3 Å². The van der Waals surface area contributed by atoms with Crippen LogP contribution in [-0.2, 0) is 4.74 Å². The third kappa shape index (κ3) is 2.00. The van der Waals surface area contributed by atoms with E-state index in [0.29, 0.717) is 5.50 Å². The Morgan fingerprint density at radius 2 is 2.08 bits per heavy atom. The summed E-state index contributed by atoms with van der Waals surface area (Å²) in [5, 5.41) is 3.49. The molecule has 0 amide bonds. The highest BCUT2D eigenvalue weighted by Crippen LogP contribution is 2.31. The number of nitrogens with zero attached hydrogens (tertiary/aromatic N) is 1. The molecule has 2 aliphatic rings. The fourth-order valence-corrected chi connectivity index (χ4v) is 2.72. The van der Waals surface area contributed by atoms with Gasteiger partial charge < -0.3 is 10.1 Å². The Morgan fingerprint density at radius 3 is 2.62 bits per heavy atom. The van der Waals surface area contributed by atoms with E-state index >= 15 is 0 Å². The van der Waals surface area contributed by atoms with Gasteiger partial charge in [0.2, 0.25) is 0 Å². The third-order valence-corrected chi connectivity index (χ3v) is 3.83. The summed E-state index contributed by atoms with van der Waals surface area (Å²) in [6.45, 7) is 8.15. The molecule has 0 aromatic carbocycles. The highest BCUT2D eigenvalue weighted by molar-refractivity contribution is 8.03. The Morgan fingerprint density at radius 1 is 1.38 bits per heavy atom. The predicted molar refractivity (Wildman–Crippen MR) is 55.3 cm³/mol. The molecule has 0 radical (unpaired) electrons. The Kier molecular flexibility index (Phi) is 2.81. The molecule has 3 nitrogen and oxygen atoms in total. The van der Waals surface area contributed by atoms with Crippen LogP contribution in [0.3, 0.4) is 0 Å². The van der Waals surface area contributed by atoms with Crippen molar-refractivity contribution < 1.29 is 4.74 Å². The van der Waals surface area contributed by atoms with Crippen molar-refractivity contribution in [3.05, 3.63) is 10.6 Å². The molecule has 0 saturated carbocycles. The summed E-state index contributed by atoms with van der Waals surface area (Å²) in [4.78, 5) is 3.85. The first-order valence-corrected chi connectivity index (χ1v) is 5.58. The van der Waals surface area contributed by atoms with Crippen LogP contribution in [0.15, 0.2) is 10.6 Å². The molecule has 1 N–H and O–H groups in total. The maximum atomic E-state index is 5.32. The molecular formula is C9H16N2OS. The summed E-state index contributed by atoms with van der Waals surface area (Å²) in [5.74, 6) is 0. The van der Waals surface area contributed by atoms with Crippen molar-refractivity contribution in [3.63, 3.8) is 0 Å². The van der Waals surface area contributed by atoms with Gasteiger partial charge in [0.25, 0.3) is 0 Å². The van der Waals surface area contributed by atoms with E-state index < -0.39 is 0 Å². The second-order valence-electron chi connectivity index (χ2n) is 3.44. The van der Waals surface area contributed by atoms with E-state index in [1.165, 1.54) is 10.6 Å². The van der Waals surface area contributed by atoms with Crippen LogP contribution in [0, 0.1) is 0 Å². The zero-order valence-corrected chi connectivity index (χ0v) is 8.99. The van der Waals surface area contributed by atoms with Crippen molar-refractivity contribution in [1.29, 1.82) is 0 Å². The summed E-state index contributed by atoms with van der Waals surface area (Å²) in [6.07, 6.45) is 0. The molecule has 1 unspecified atom stereocenters. The van der Waals surface area contributed by atoms with Gasteiger partial charge in [-0.05, 0) is 13.8 Å². The molecule has 74 valence electrons. The zero-order chi connectivity index (χ0) is 9.26. The first-order chi connectivity index (χ1) is 6.27. The van der Waals surface area contributed by atoms with E-state index in [2.05, 4.69) is 24.1 Å². The van der Waals surface area contributed by atoms with Gasteiger partial charge in [-0.25, -0.2) is 0 Å². The lowest BCUT2D eigenvalue weighted by Gasteiger charge is -2.31. The van der Waals surface area contributed by atoms with Crippen LogP contribution < -0.4 is 5.32 Å². The number of hydrogen-bond acceptors (Lipinski definition) is 4. The Labute approximate surface area is 83.5 Å². The molecule has 0 aliphatic carbocycles. The molecule has 0 bridgehead atoms. The summed E-state index contributed by atoms with van der Waals surface area (Å²) in [7, 11) is 0. The Bertz CT molecular complexity index is 210. The molecule has 4 heteroatoms. The van der Waals surface area contributed by atoms with Gasteiger partial charge in [0.05, 0.1) is 13.2 Å². The largest absolute Gasteiger partial charge is 0.379 e. The molecule has 0 aromatic heterocycles. The minimum absolute atomic E-state index is 0.448. The standard InChI is InChI=1S/C9H16N2OS/c1-7-8(2)13-9(10-7)11-3-5-12-6-4-11/h9-10H,3-6H2,1-2H3. The topological polar surface area (TPSA) is 24.5 Å². The van der Waals surface area contributed by atoms with E-state index in [9.17, 15) is 0 Å². The Hall–Kier alpha value is -0.190. The van der Waals surface area contributed by atoms with Crippen LogP contribution in [0.4, 0.5) is 0 Å². The number of nitrogens with one attached hydrogen (secondary N) is 1. The normalized spacial score (nSPS) is 30.8. The lowest BCUT2D eigenvalue weighted by atomic mass is 10.4. The van der Waals surface area contributed by atoms with Crippen molar-refractivity contribution in [2.24, 2.45) is 0 Å². The lowest BCUT2D eigenvalue weighted by molar-refractivity contribution is 0.0297. The van der Waals surface area contributed by atoms with Crippen molar-refractivity contribution in [1.82, 2.24) is 10.2 Å². The predicted octanol–water partition coefficient (Wildman–Crippen LogP) is 1.19. The summed E-state index contributed by atoms with van der Waals surface area (Å²) >= 11 is 1.92. The number of morpholine rings is 1. The average molecular weight is 200 g/mol. The van der Waals surface area contributed by atoms with E-state index in [1.807, 2.05) is 11.8 Å². The quantitative estimate of drug-likeness (QED) is 0.687. The van der Waals surface area contributed by atoms with E-state index in [4.69, 9.17) is 4.74 Å². The summed E-state index contributed by atoms with van der Waals surface area (Å²) in [6, 6.07) is 0. The minimum Gasteiger partial charge on any atom is -0.379 e. The van der Waals surface area contributed by atoms with Gasteiger partial charge in [-0.2, -0.15) is 0 Å². The molecule has 2 rings (SSSR count). The van der Waals surface area contributed by atoms with Gasteiger partial charge in [0.15, 0.2) is 0 Å². The SMILES string of the molecule is CC1=C(C)SC(N2CCOCC2)N1. The van der Waals surface area contributed by atoms with Gasteiger partial charge in [0.1, 0.15) is 5.50 Å². The molecule has 13 heavy (non-hydrogen) atoms. The van der Waals surface area contributed by atoms with E-state index in [1.54, 1.807) is 0 Å². The first-order valence-electron chi connectivity index (χ1n) is 4.70. The van der Waals surface area contributed by atoms with Crippen LogP contribution in [0.2, 0.25) is 0 Å². The molecule has 0 aromatic rings. The van der Waals surface area contributed by atoms with E-state index in [-0.39, 0.29) is 0 Å². The molecule has 1 fully saturated rings. The van der Waals surface area contributed by atoms with Crippen LogP contribution in [-0.4, -0.2) is 36.7 Å². The monoisotopic (exact) mass is 200 g/mol. The Balaban J connectivity index is 1.90. The average Bonchev–Trinajstić information content (AvgIpc) is 2.49. The molecular weight excluding hydrogens is 184 g/mol. The fourth-order valence-electron chi connectivity index (χ4n) is 1.55. The number of ether oxygens (including phenoxy) is 1. The van der Waals surface area contributed by atoms with Gasteiger partial charge in [0, 0.05) is 23.7 Å². The summed E-state index contributed by atoms with van der Waals surface area (Å²) in [5.41, 5.74) is 1.77. The second kappa shape index (κ2) is 3.90.